The molecule has 0 unspecified atom stereocenters. The van der Waals surface area contributed by atoms with Crippen LogP contribution < -0.4 is 0 Å². The average Bonchev–Trinajstić information content (AvgIpc) is 3.21. The second kappa shape index (κ2) is 7.48. The third-order valence-corrected chi connectivity index (χ3v) is 4.23. The van der Waals surface area contributed by atoms with Gasteiger partial charge >= 0.3 is 12.1 Å². The number of nitrogens with zero attached hydrogens (tertiary/aromatic N) is 1. The van der Waals surface area contributed by atoms with E-state index in [4.69, 9.17) is 9.47 Å². The lowest BCUT2D eigenvalue weighted by Gasteiger charge is -2.21. The second-order valence-corrected chi connectivity index (χ2v) is 5.60. The summed E-state index contributed by atoms with van der Waals surface area (Å²) in [6.07, 6.45) is 9.00. The van der Waals surface area contributed by atoms with E-state index in [1.54, 1.807) is 24.8 Å². The number of ether oxygens (including phenoxy) is 2. The molecular formula is C16H25NO4. The molecule has 0 bridgehead atoms. The smallest absolute Gasteiger partial charge is 0.410 e. The molecule has 1 amide bonds. The van der Waals surface area contributed by atoms with Gasteiger partial charge in [-0.25, -0.2) is 9.59 Å². The van der Waals surface area contributed by atoms with Crippen molar-refractivity contribution < 1.29 is 19.1 Å². The van der Waals surface area contributed by atoms with Gasteiger partial charge in [0.1, 0.15) is 0 Å². The van der Waals surface area contributed by atoms with Crippen LogP contribution in [-0.2, 0) is 14.3 Å². The van der Waals surface area contributed by atoms with Crippen molar-refractivity contribution in [2.75, 3.05) is 13.2 Å². The van der Waals surface area contributed by atoms with Crippen molar-refractivity contribution in [3.8, 4) is 0 Å². The van der Waals surface area contributed by atoms with Crippen molar-refractivity contribution in [1.29, 1.82) is 0 Å². The van der Waals surface area contributed by atoms with Crippen molar-refractivity contribution in [2.24, 2.45) is 5.92 Å². The van der Waals surface area contributed by atoms with Crippen molar-refractivity contribution in [1.82, 2.24) is 4.90 Å². The molecule has 1 aliphatic heterocycles. The van der Waals surface area contributed by atoms with Gasteiger partial charge in [-0.15, -0.1) is 0 Å². The molecule has 2 atom stereocenters. The van der Waals surface area contributed by atoms with Gasteiger partial charge in [-0.05, 0) is 32.6 Å². The maximum atomic E-state index is 12.0. The first kappa shape index (κ1) is 15.9. The lowest BCUT2D eigenvalue weighted by molar-refractivity contribution is -0.137. The van der Waals surface area contributed by atoms with E-state index in [0.29, 0.717) is 19.1 Å². The Hall–Kier alpha value is -1.52. The predicted octanol–water partition coefficient (Wildman–Crippen LogP) is 2.90. The fourth-order valence-corrected chi connectivity index (χ4v) is 3.27. The summed E-state index contributed by atoms with van der Waals surface area (Å²) in [4.78, 5) is 25.2. The summed E-state index contributed by atoms with van der Waals surface area (Å²) >= 11 is 0. The van der Waals surface area contributed by atoms with Gasteiger partial charge in [-0.3, -0.25) is 4.90 Å². The third kappa shape index (κ3) is 3.99. The van der Waals surface area contributed by atoms with Crippen LogP contribution in [0.4, 0.5) is 4.79 Å². The summed E-state index contributed by atoms with van der Waals surface area (Å²) in [7, 11) is 0. The van der Waals surface area contributed by atoms with E-state index in [-0.39, 0.29) is 24.1 Å². The first-order valence-corrected chi connectivity index (χ1v) is 7.99. The number of hydrogen-bond acceptors (Lipinski definition) is 4. The van der Waals surface area contributed by atoms with E-state index in [2.05, 4.69) is 0 Å². The monoisotopic (exact) mass is 295 g/mol. The standard InChI is InChI=1S/C16H25NO4/c1-3-20-14(18)11-10-13-15(12-8-6-5-7-9-12)17(13)16(19)21-4-2/h10-13,15H,3-9H2,1-2H3/b11-10+/t13-,15-,17?/m0/s1. The Morgan fingerprint density at radius 2 is 1.76 bits per heavy atom. The maximum Gasteiger partial charge on any atom is 0.410 e. The van der Waals surface area contributed by atoms with Crippen molar-refractivity contribution in [3.05, 3.63) is 12.2 Å². The van der Waals surface area contributed by atoms with E-state index in [9.17, 15) is 9.59 Å². The van der Waals surface area contributed by atoms with E-state index >= 15 is 0 Å². The van der Waals surface area contributed by atoms with Crippen LogP contribution in [0.5, 0.6) is 0 Å². The molecule has 5 heteroatoms. The molecular weight excluding hydrogens is 270 g/mol. The lowest BCUT2D eigenvalue weighted by Crippen LogP contribution is -2.21. The molecule has 0 aromatic carbocycles. The van der Waals surface area contributed by atoms with Gasteiger partial charge in [0, 0.05) is 6.08 Å². The fraction of sp³-hybridized carbons (Fsp3) is 0.750. The zero-order valence-corrected chi connectivity index (χ0v) is 12.9. The Morgan fingerprint density at radius 1 is 1.10 bits per heavy atom. The first-order valence-electron chi connectivity index (χ1n) is 7.99. The number of carbonyl (C=O) groups excluding carboxylic acids is 2. The minimum absolute atomic E-state index is 0.0171. The zero-order chi connectivity index (χ0) is 15.2. The highest BCUT2D eigenvalue weighted by Gasteiger charge is 2.54. The summed E-state index contributed by atoms with van der Waals surface area (Å²) < 4.78 is 9.99. The molecule has 0 N–H and O–H groups in total. The summed E-state index contributed by atoms with van der Waals surface area (Å²) in [5, 5.41) is 0. The molecule has 0 radical (unpaired) electrons. The van der Waals surface area contributed by atoms with Gasteiger partial charge in [-0.2, -0.15) is 0 Å². The molecule has 21 heavy (non-hydrogen) atoms. The molecule has 1 saturated heterocycles. The molecule has 0 spiro atoms. The van der Waals surface area contributed by atoms with Crippen LogP contribution in [0.2, 0.25) is 0 Å². The average molecular weight is 295 g/mol. The van der Waals surface area contributed by atoms with Gasteiger partial charge < -0.3 is 9.47 Å². The molecule has 0 aromatic rings. The predicted molar refractivity (Wildman–Crippen MR) is 78.8 cm³/mol. The molecule has 2 fully saturated rings. The summed E-state index contributed by atoms with van der Waals surface area (Å²) in [6, 6.07) is 0.173. The van der Waals surface area contributed by atoms with Gasteiger partial charge in [-0.1, -0.05) is 25.3 Å². The molecule has 2 aliphatic rings. The number of hydrogen-bond donors (Lipinski definition) is 0. The molecule has 2 rings (SSSR count). The van der Waals surface area contributed by atoms with E-state index in [1.165, 1.54) is 25.3 Å². The summed E-state index contributed by atoms with van der Waals surface area (Å²) in [5.41, 5.74) is 0. The molecule has 1 heterocycles. The minimum Gasteiger partial charge on any atom is -0.463 e. The van der Waals surface area contributed by atoms with Crippen LogP contribution in [0.3, 0.4) is 0 Å². The Balaban J connectivity index is 1.98. The second-order valence-electron chi connectivity index (χ2n) is 5.60. The van der Waals surface area contributed by atoms with Crippen LogP contribution in [0.15, 0.2) is 12.2 Å². The topological polar surface area (TPSA) is 55.6 Å². The quantitative estimate of drug-likeness (QED) is 0.444. The molecule has 1 aliphatic carbocycles. The molecule has 0 aromatic heterocycles. The van der Waals surface area contributed by atoms with Crippen molar-refractivity contribution in [2.45, 2.75) is 58.0 Å². The largest absolute Gasteiger partial charge is 0.463 e. The van der Waals surface area contributed by atoms with E-state index in [0.717, 1.165) is 12.8 Å². The number of esters is 1. The minimum atomic E-state index is -0.351. The van der Waals surface area contributed by atoms with Crippen LogP contribution in [0.25, 0.3) is 0 Å². The van der Waals surface area contributed by atoms with Crippen molar-refractivity contribution >= 4 is 12.1 Å². The number of rotatable bonds is 5. The van der Waals surface area contributed by atoms with Crippen molar-refractivity contribution in [3.63, 3.8) is 0 Å². The van der Waals surface area contributed by atoms with Gasteiger partial charge in [0.25, 0.3) is 0 Å². The summed E-state index contributed by atoms with van der Waals surface area (Å²) in [5.74, 6) is 0.176. The Kier molecular flexibility index (Phi) is 5.65. The Labute approximate surface area is 126 Å². The van der Waals surface area contributed by atoms with Gasteiger partial charge in [0.05, 0.1) is 25.3 Å². The van der Waals surface area contributed by atoms with Gasteiger partial charge in [0.2, 0.25) is 0 Å². The Morgan fingerprint density at radius 3 is 2.38 bits per heavy atom. The molecule has 1 saturated carbocycles. The number of carbonyl (C=O) groups is 2. The highest BCUT2D eigenvalue weighted by molar-refractivity contribution is 5.82. The van der Waals surface area contributed by atoms with Crippen LogP contribution >= 0.6 is 0 Å². The summed E-state index contributed by atoms with van der Waals surface area (Å²) in [6.45, 7) is 4.32. The van der Waals surface area contributed by atoms with E-state index < -0.39 is 0 Å². The molecule has 118 valence electrons. The SMILES string of the molecule is CCOC(=O)/C=C/[C@H]1[C@H](C2CCCCC2)N1C(=O)OCC. The van der Waals surface area contributed by atoms with Crippen LogP contribution in [0, 0.1) is 5.92 Å². The number of amides is 1. The van der Waals surface area contributed by atoms with Crippen LogP contribution in [-0.4, -0.2) is 42.3 Å². The van der Waals surface area contributed by atoms with Gasteiger partial charge in [0.15, 0.2) is 0 Å². The molecule has 5 nitrogen and oxygen atoms in total. The Bertz CT molecular complexity index is 401. The van der Waals surface area contributed by atoms with E-state index in [1.807, 2.05) is 0 Å². The zero-order valence-electron chi connectivity index (χ0n) is 12.9. The van der Waals surface area contributed by atoms with Crippen LogP contribution in [0.1, 0.15) is 46.0 Å². The first-order chi connectivity index (χ1) is 10.2. The maximum absolute atomic E-state index is 12.0. The highest BCUT2D eigenvalue weighted by Crippen LogP contribution is 2.42. The fourth-order valence-electron chi connectivity index (χ4n) is 3.27. The lowest BCUT2D eigenvalue weighted by atomic mass is 9.85. The third-order valence-electron chi connectivity index (χ3n) is 4.23. The normalized spacial score (nSPS) is 25.9. The highest BCUT2D eigenvalue weighted by atomic mass is 16.6.